The number of amides is 2. The Labute approximate surface area is 194 Å². The van der Waals surface area contributed by atoms with E-state index in [-0.39, 0.29) is 18.4 Å². The second kappa shape index (κ2) is 8.52. The van der Waals surface area contributed by atoms with Crippen LogP contribution in [0.3, 0.4) is 0 Å². The number of fused-ring (bicyclic) bond motifs is 2. The van der Waals surface area contributed by atoms with Crippen molar-refractivity contribution in [1.29, 1.82) is 0 Å². The van der Waals surface area contributed by atoms with Gasteiger partial charge >= 0.3 is 0 Å². The van der Waals surface area contributed by atoms with Crippen molar-refractivity contribution in [2.24, 2.45) is 0 Å². The first-order valence-corrected chi connectivity index (χ1v) is 12.1. The Morgan fingerprint density at radius 1 is 0.938 bits per heavy atom. The molecule has 0 bridgehead atoms. The normalized spacial score (nSPS) is 17.7. The van der Waals surface area contributed by atoms with E-state index in [1.807, 2.05) is 23.1 Å². The van der Waals surface area contributed by atoms with Crippen LogP contribution in [0.1, 0.15) is 39.1 Å². The van der Waals surface area contributed by atoms with Crippen LogP contribution in [0, 0.1) is 0 Å². The predicted octanol–water partition coefficient (Wildman–Crippen LogP) is 4.90. The first-order valence-electron chi connectivity index (χ1n) is 10.5. The van der Waals surface area contributed by atoms with Crippen LogP contribution >= 0.6 is 11.6 Å². The maximum absolute atomic E-state index is 13.6. The molecule has 0 aromatic heterocycles. The van der Waals surface area contributed by atoms with E-state index in [1.165, 1.54) is 0 Å². The van der Waals surface area contributed by atoms with E-state index in [0.29, 0.717) is 31.6 Å². The molecule has 1 unspecified atom stereocenters. The topological polar surface area (TPSA) is 57.7 Å². The van der Waals surface area contributed by atoms with Gasteiger partial charge < -0.3 is 9.80 Å². The summed E-state index contributed by atoms with van der Waals surface area (Å²) < 4.78 is 13.5. The Balaban J connectivity index is 1.65. The van der Waals surface area contributed by atoms with Gasteiger partial charge in [0.25, 0.3) is 11.8 Å². The largest absolute Gasteiger partial charge is 0.339 e. The first-order chi connectivity index (χ1) is 15.5. The lowest BCUT2D eigenvalue weighted by Gasteiger charge is -2.24. The van der Waals surface area contributed by atoms with Crippen molar-refractivity contribution in [3.63, 3.8) is 0 Å². The Hall–Kier alpha value is -2.96. The number of halogens is 1. The van der Waals surface area contributed by atoms with Gasteiger partial charge in [-0.25, -0.2) is 4.21 Å². The number of nitrogens with zero attached hydrogens (tertiary/aromatic N) is 2. The van der Waals surface area contributed by atoms with Gasteiger partial charge in [0, 0.05) is 23.7 Å². The number of hydrogen-bond acceptors (Lipinski definition) is 3. The molecule has 0 N–H and O–H groups in total. The van der Waals surface area contributed by atoms with Crippen LogP contribution in [0.2, 0.25) is 5.02 Å². The number of carbonyl (C=O) groups is 2. The van der Waals surface area contributed by atoms with Crippen LogP contribution < -0.4 is 4.90 Å². The van der Waals surface area contributed by atoms with Crippen molar-refractivity contribution >= 4 is 39.9 Å². The van der Waals surface area contributed by atoms with Gasteiger partial charge in [-0.15, -0.1) is 0 Å². The van der Waals surface area contributed by atoms with Gasteiger partial charge in [-0.2, -0.15) is 0 Å². The van der Waals surface area contributed by atoms with Gasteiger partial charge in [-0.05, 0) is 60.9 Å². The molecule has 1 fully saturated rings. The minimum absolute atomic E-state index is 0.0620. The number of hydrogen-bond donors (Lipinski definition) is 0. The number of rotatable bonds is 3. The van der Waals surface area contributed by atoms with E-state index in [2.05, 4.69) is 0 Å². The van der Waals surface area contributed by atoms with Crippen LogP contribution in [0.5, 0.6) is 0 Å². The van der Waals surface area contributed by atoms with Crippen LogP contribution in [0.4, 0.5) is 5.69 Å². The Morgan fingerprint density at radius 2 is 1.72 bits per heavy atom. The molecule has 32 heavy (non-hydrogen) atoms. The third-order valence-corrected chi connectivity index (χ3v) is 7.62. The van der Waals surface area contributed by atoms with Crippen LogP contribution in [-0.4, -0.2) is 34.0 Å². The van der Waals surface area contributed by atoms with Crippen LogP contribution in [0.25, 0.3) is 0 Å². The molecular formula is C25H21ClN2O3S. The zero-order valence-electron chi connectivity index (χ0n) is 17.3. The summed E-state index contributed by atoms with van der Waals surface area (Å²) >= 11 is 6.17. The maximum Gasteiger partial charge on any atom is 0.259 e. The summed E-state index contributed by atoms with van der Waals surface area (Å²) in [6.07, 6.45) is 1.99. The minimum Gasteiger partial charge on any atom is -0.339 e. The number of carbonyl (C=O) groups excluding carboxylic acids is 2. The highest BCUT2D eigenvalue weighted by Crippen LogP contribution is 2.36. The lowest BCUT2D eigenvalue weighted by atomic mass is 10.1. The summed E-state index contributed by atoms with van der Waals surface area (Å²) in [5.41, 5.74) is 2.24. The van der Waals surface area contributed by atoms with Gasteiger partial charge in [0.1, 0.15) is 0 Å². The molecule has 162 valence electrons. The van der Waals surface area contributed by atoms with E-state index >= 15 is 0 Å². The van der Waals surface area contributed by atoms with Crippen molar-refractivity contribution in [3.05, 3.63) is 88.4 Å². The van der Waals surface area contributed by atoms with Crippen LogP contribution in [0.15, 0.2) is 76.5 Å². The second-order valence-electron chi connectivity index (χ2n) is 7.97. The Morgan fingerprint density at radius 3 is 2.50 bits per heavy atom. The number of likely N-dealkylation sites (tertiary alicyclic amines) is 1. The summed E-state index contributed by atoms with van der Waals surface area (Å²) in [7, 11) is -1.55. The third-order valence-electron chi connectivity index (χ3n) is 5.88. The zero-order chi connectivity index (χ0) is 22.2. The summed E-state index contributed by atoms with van der Waals surface area (Å²) in [4.78, 5) is 31.1. The SMILES string of the molecule is O=C(c1ccc2c(c1)N(Cc1cccc(Cl)c1)C(=O)c1ccccc1S2=O)N1CCCC1. The molecule has 2 heterocycles. The van der Waals surface area contributed by atoms with Gasteiger partial charge in [-0.1, -0.05) is 35.9 Å². The highest BCUT2D eigenvalue weighted by Gasteiger charge is 2.32. The molecule has 1 saturated heterocycles. The zero-order valence-corrected chi connectivity index (χ0v) is 18.9. The molecule has 0 saturated carbocycles. The smallest absolute Gasteiger partial charge is 0.259 e. The lowest BCUT2D eigenvalue weighted by Crippen LogP contribution is -2.31. The molecule has 5 nitrogen and oxygen atoms in total. The van der Waals surface area contributed by atoms with Gasteiger partial charge in [0.05, 0.1) is 38.4 Å². The molecule has 5 rings (SSSR count). The summed E-state index contributed by atoms with van der Waals surface area (Å²) in [6, 6.07) is 19.4. The lowest BCUT2D eigenvalue weighted by molar-refractivity contribution is 0.0792. The Kier molecular flexibility index (Phi) is 5.57. The molecule has 3 aromatic rings. The molecule has 1 atom stereocenters. The van der Waals surface area contributed by atoms with E-state index < -0.39 is 10.8 Å². The quantitative estimate of drug-likeness (QED) is 0.553. The summed E-state index contributed by atoms with van der Waals surface area (Å²) in [6.45, 7) is 1.72. The molecule has 0 radical (unpaired) electrons. The van der Waals surface area contributed by atoms with Gasteiger partial charge in [0.15, 0.2) is 0 Å². The number of anilines is 1. The fourth-order valence-corrected chi connectivity index (χ4v) is 5.83. The molecule has 0 aliphatic carbocycles. The fraction of sp³-hybridized carbons (Fsp3) is 0.200. The molecular weight excluding hydrogens is 444 g/mol. The molecule has 3 aromatic carbocycles. The highest BCUT2D eigenvalue weighted by molar-refractivity contribution is 7.85. The molecule has 2 aliphatic rings. The highest BCUT2D eigenvalue weighted by atomic mass is 35.5. The van der Waals surface area contributed by atoms with Gasteiger partial charge in [0.2, 0.25) is 0 Å². The maximum atomic E-state index is 13.6. The predicted molar refractivity (Wildman–Crippen MR) is 125 cm³/mol. The van der Waals surface area contributed by atoms with E-state index in [1.54, 1.807) is 53.4 Å². The van der Waals surface area contributed by atoms with Crippen molar-refractivity contribution in [2.75, 3.05) is 18.0 Å². The van der Waals surface area contributed by atoms with E-state index in [4.69, 9.17) is 11.6 Å². The fourth-order valence-electron chi connectivity index (χ4n) is 4.27. The second-order valence-corrected chi connectivity index (χ2v) is 9.82. The van der Waals surface area contributed by atoms with Crippen molar-refractivity contribution in [2.45, 2.75) is 29.2 Å². The first kappa shape index (κ1) is 20.9. The average molecular weight is 465 g/mol. The Bertz CT molecular complexity index is 1250. The molecule has 2 amide bonds. The van der Waals surface area contributed by atoms with Gasteiger partial charge in [-0.3, -0.25) is 9.59 Å². The van der Waals surface area contributed by atoms with E-state index in [0.717, 1.165) is 31.5 Å². The molecule has 7 heteroatoms. The summed E-state index contributed by atoms with van der Waals surface area (Å²) in [5.74, 6) is -0.313. The third kappa shape index (κ3) is 3.74. The van der Waals surface area contributed by atoms with E-state index in [9.17, 15) is 13.8 Å². The number of benzene rings is 3. The average Bonchev–Trinajstić information content (AvgIpc) is 3.33. The van der Waals surface area contributed by atoms with Crippen LogP contribution in [-0.2, 0) is 17.3 Å². The molecule has 2 aliphatic heterocycles. The van der Waals surface area contributed by atoms with Crippen molar-refractivity contribution in [1.82, 2.24) is 4.90 Å². The van der Waals surface area contributed by atoms with Crippen molar-refractivity contribution < 1.29 is 13.8 Å². The minimum atomic E-state index is -1.55. The van der Waals surface area contributed by atoms with Crippen molar-refractivity contribution in [3.8, 4) is 0 Å². The monoisotopic (exact) mass is 464 g/mol. The standard InChI is InChI=1S/C25H21ClN2O3S/c26-19-7-5-6-17(14-19)16-28-21-15-18(24(29)27-12-3-4-13-27)10-11-23(21)32(31)22-9-2-1-8-20(22)25(28)30/h1-2,5-11,14-15H,3-4,12-13,16H2. The summed E-state index contributed by atoms with van der Waals surface area (Å²) in [5, 5.41) is 0.576. The molecule has 0 spiro atoms.